The number of aliphatic carboxylic acids is 1. The van der Waals surface area contributed by atoms with Gasteiger partial charge in [-0.2, -0.15) is 0 Å². The van der Waals surface area contributed by atoms with Crippen molar-refractivity contribution in [2.24, 2.45) is 0 Å². The van der Waals surface area contributed by atoms with E-state index in [2.05, 4.69) is 27.8 Å². The fourth-order valence-corrected chi connectivity index (χ4v) is 5.38. The Morgan fingerprint density at radius 2 is 2.18 bits per heavy atom. The van der Waals surface area contributed by atoms with Crippen LogP contribution in [0.1, 0.15) is 19.8 Å². The Kier molecular flexibility index (Phi) is 9.15. The van der Waals surface area contributed by atoms with Crippen LogP contribution in [0.15, 0.2) is 12.7 Å². The minimum Gasteiger partial charge on any atom is -0.479 e. The molecule has 0 aliphatic heterocycles. The Hall–Kier alpha value is 0.110. The molecule has 0 heterocycles. The predicted molar refractivity (Wildman–Crippen MR) is 82.3 cm³/mol. The molecule has 0 aliphatic rings. The molecule has 0 aromatic heterocycles. The Balaban J connectivity index is 4.21. The van der Waals surface area contributed by atoms with Crippen LogP contribution in [0.5, 0.6) is 0 Å². The molecular formula is C10H16INO3S2. The third-order valence-corrected chi connectivity index (χ3v) is 5.96. The number of carboxylic acid groups (broad SMARTS) is 1. The van der Waals surface area contributed by atoms with Crippen LogP contribution in [0.2, 0.25) is 0 Å². The van der Waals surface area contributed by atoms with E-state index in [1.54, 1.807) is 18.8 Å². The summed E-state index contributed by atoms with van der Waals surface area (Å²) in [4.78, 5) is 23.8. The Bertz CT molecular complexity index is 289. The van der Waals surface area contributed by atoms with E-state index in [4.69, 9.17) is 5.11 Å². The molecule has 0 spiro atoms. The molecule has 4 nitrogen and oxygen atoms in total. The van der Waals surface area contributed by atoms with E-state index in [9.17, 15) is 9.59 Å². The molecule has 2 atom stereocenters. The van der Waals surface area contributed by atoms with Gasteiger partial charge in [0.25, 0.3) is 0 Å². The molecule has 0 rings (SSSR count). The van der Waals surface area contributed by atoms with Gasteiger partial charge in [0, 0.05) is 39.9 Å². The SMILES string of the molecule is C=C[C@@H](C(=O)O)N(C)C(=O)CCC(C)SSI. The second-order valence-electron chi connectivity index (χ2n) is 3.53. The van der Waals surface area contributed by atoms with Gasteiger partial charge in [-0.1, -0.05) is 23.8 Å². The summed E-state index contributed by atoms with van der Waals surface area (Å²) in [6.45, 7) is 5.47. The van der Waals surface area contributed by atoms with Crippen molar-refractivity contribution in [2.45, 2.75) is 31.1 Å². The fourth-order valence-electron chi connectivity index (χ4n) is 1.19. The Morgan fingerprint density at radius 3 is 2.59 bits per heavy atom. The molecule has 0 radical (unpaired) electrons. The van der Waals surface area contributed by atoms with Crippen molar-refractivity contribution in [3.8, 4) is 0 Å². The minimum atomic E-state index is -1.05. The standard InChI is InChI=1S/C10H16INO3S2/c1-4-8(10(14)15)12(3)9(13)6-5-7(2)16-17-11/h4,7-8H,1,5-6H2,2-3H3,(H,14,15)/t7?,8-/m0/s1. The highest BCUT2D eigenvalue weighted by molar-refractivity contribution is 14.2. The monoisotopic (exact) mass is 389 g/mol. The molecule has 98 valence electrons. The number of carbonyl (C=O) groups excluding carboxylic acids is 1. The van der Waals surface area contributed by atoms with Crippen molar-refractivity contribution < 1.29 is 14.7 Å². The molecular weight excluding hydrogens is 373 g/mol. The van der Waals surface area contributed by atoms with Crippen LogP contribution in [0.4, 0.5) is 0 Å². The molecule has 1 unspecified atom stereocenters. The van der Waals surface area contributed by atoms with Crippen LogP contribution in [0.3, 0.4) is 0 Å². The Labute approximate surface area is 122 Å². The van der Waals surface area contributed by atoms with Gasteiger partial charge >= 0.3 is 5.97 Å². The van der Waals surface area contributed by atoms with Crippen LogP contribution in [-0.4, -0.2) is 40.2 Å². The number of likely N-dealkylation sites (N-methyl/N-ethyl adjacent to an activating group) is 1. The van der Waals surface area contributed by atoms with Gasteiger partial charge in [0.15, 0.2) is 0 Å². The van der Waals surface area contributed by atoms with Crippen LogP contribution in [-0.2, 0) is 9.59 Å². The van der Waals surface area contributed by atoms with Crippen molar-refractivity contribution in [1.82, 2.24) is 4.90 Å². The summed E-state index contributed by atoms with van der Waals surface area (Å²) >= 11 is 2.19. The molecule has 1 amide bonds. The number of amides is 1. The number of carboxylic acids is 1. The highest BCUT2D eigenvalue weighted by atomic mass is 127. The molecule has 0 saturated carbocycles. The molecule has 0 aromatic rings. The van der Waals surface area contributed by atoms with E-state index in [-0.39, 0.29) is 5.91 Å². The molecule has 0 aromatic carbocycles. The van der Waals surface area contributed by atoms with Gasteiger partial charge in [0.05, 0.1) is 0 Å². The summed E-state index contributed by atoms with van der Waals surface area (Å²) in [5.74, 6) is -1.22. The average Bonchev–Trinajstić information content (AvgIpc) is 2.26. The van der Waals surface area contributed by atoms with Gasteiger partial charge in [-0.15, -0.1) is 6.58 Å². The maximum absolute atomic E-state index is 11.8. The summed E-state index contributed by atoms with van der Waals surface area (Å²) in [5, 5.41) is 9.26. The molecule has 0 bridgehead atoms. The highest BCUT2D eigenvalue weighted by Crippen LogP contribution is 2.34. The maximum Gasteiger partial charge on any atom is 0.330 e. The topological polar surface area (TPSA) is 57.6 Å². The van der Waals surface area contributed by atoms with Crippen molar-refractivity contribution in [1.29, 1.82) is 0 Å². The van der Waals surface area contributed by atoms with E-state index >= 15 is 0 Å². The largest absolute Gasteiger partial charge is 0.479 e. The minimum absolute atomic E-state index is 0.164. The second-order valence-corrected chi connectivity index (χ2v) is 8.85. The maximum atomic E-state index is 11.8. The highest BCUT2D eigenvalue weighted by Gasteiger charge is 2.23. The van der Waals surface area contributed by atoms with E-state index in [1.165, 1.54) is 18.0 Å². The zero-order valence-electron chi connectivity index (χ0n) is 9.76. The van der Waals surface area contributed by atoms with Crippen molar-refractivity contribution in [2.75, 3.05) is 7.05 Å². The first-order chi connectivity index (χ1) is 7.93. The normalized spacial score (nSPS) is 13.8. The first kappa shape index (κ1) is 17.1. The molecule has 17 heavy (non-hydrogen) atoms. The lowest BCUT2D eigenvalue weighted by Crippen LogP contribution is -2.41. The Morgan fingerprint density at radius 1 is 1.59 bits per heavy atom. The first-order valence-electron chi connectivity index (χ1n) is 4.99. The number of rotatable bonds is 8. The van der Waals surface area contributed by atoms with E-state index in [0.717, 1.165) is 6.42 Å². The zero-order valence-corrected chi connectivity index (χ0v) is 13.5. The van der Waals surface area contributed by atoms with E-state index in [0.29, 0.717) is 11.7 Å². The third-order valence-electron chi connectivity index (χ3n) is 2.25. The molecule has 0 saturated heterocycles. The number of halogens is 1. The van der Waals surface area contributed by atoms with E-state index in [1.807, 2.05) is 6.92 Å². The summed E-state index contributed by atoms with van der Waals surface area (Å²) < 4.78 is 0. The van der Waals surface area contributed by atoms with Gasteiger partial charge in [0.2, 0.25) is 5.91 Å². The fraction of sp³-hybridized carbons (Fsp3) is 0.600. The summed E-state index contributed by atoms with van der Waals surface area (Å²) in [7, 11) is 4.83. The average molecular weight is 389 g/mol. The molecule has 7 heteroatoms. The number of hydrogen-bond acceptors (Lipinski definition) is 4. The molecule has 0 fully saturated rings. The van der Waals surface area contributed by atoms with Gasteiger partial charge < -0.3 is 10.0 Å². The lowest BCUT2D eigenvalue weighted by atomic mass is 10.2. The molecule has 1 N–H and O–H groups in total. The number of nitrogens with zero attached hydrogens (tertiary/aromatic N) is 1. The van der Waals surface area contributed by atoms with Crippen LogP contribution in [0.25, 0.3) is 0 Å². The first-order valence-corrected chi connectivity index (χ1v) is 9.74. The van der Waals surface area contributed by atoms with Gasteiger partial charge in [0.1, 0.15) is 6.04 Å². The third kappa shape index (κ3) is 6.56. The summed E-state index contributed by atoms with van der Waals surface area (Å²) in [6.07, 6.45) is 2.37. The van der Waals surface area contributed by atoms with Crippen molar-refractivity contribution in [3.05, 3.63) is 12.7 Å². The van der Waals surface area contributed by atoms with E-state index < -0.39 is 12.0 Å². The lowest BCUT2D eigenvalue weighted by Gasteiger charge is -2.22. The van der Waals surface area contributed by atoms with Crippen LogP contribution in [0, 0.1) is 0 Å². The number of hydrogen-bond donors (Lipinski definition) is 1. The smallest absolute Gasteiger partial charge is 0.330 e. The second kappa shape index (κ2) is 9.09. The predicted octanol–water partition coefficient (Wildman–Crippen LogP) is 2.98. The van der Waals surface area contributed by atoms with Crippen molar-refractivity contribution in [3.63, 3.8) is 0 Å². The quantitative estimate of drug-likeness (QED) is 0.393. The summed E-state index contributed by atoms with van der Waals surface area (Å²) in [5.41, 5.74) is 0. The lowest BCUT2D eigenvalue weighted by molar-refractivity contribution is -0.146. The van der Waals surface area contributed by atoms with Crippen molar-refractivity contribution >= 4 is 51.8 Å². The summed E-state index contributed by atoms with van der Waals surface area (Å²) in [6, 6.07) is -0.940. The number of carbonyl (C=O) groups is 2. The van der Waals surface area contributed by atoms with Crippen LogP contribution < -0.4 is 0 Å². The van der Waals surface area contributed by atoms with Crippen LogP contribution >= 0.6 is 40.0 Å². The zero-order chi connectivity index (χ0) is 13.4. The molecule has 0 aliphatic carbocycles. The van der Waals surface area contributed by atoms with Gasteiger partial charge in [-0.25, -0.2) is 4.79 Å². The van der Waals surface area contributed by atoms with Gasteiger partial charge in [-0.3, -0.25) is 4.79 Å². The van der Waals surface area contributed by atoms with Gasteiger partial charge in [-0.05, 0) is 14.4 Å².